The fraction of sp³-hybridized carbons (Fsp3) is 0.611. The molecule has 0 atom stereocenters. The normalized spacial score (nSPS) is 12.6. The first-order chi connectivity index (χ1) is 18.7. The van der Waals surface area contributed by atoms with Crippen molar-refractivity contribution < 1.29 is 9.59 Å². The van der Waals surface area contributed by atoms with Crippen molar-refractivity contribution in [2.45, 2.75) is 142 Å². The van der Waals surface area contributed by atoms with E-state index in [0.29, 0.717) is 22.3 Å². The van der Waals surface area contributed by atoms with Gasteiger partial charge in [-0.1, -0.05) is 141 Å². The van der Waals surface area contributed by atoms with Gasteiger partial charge >= 0.3 is 0 Å². The highest BCUT2D eigenvalue weighted by molar-refractivity contribution is 6.28. The van der Waals surface area contributed by atoms with Gasteiger partial charge in [-0.05, 0) is 48.9 Å². The number of ketones is 2. The third-order valence-electron chi connectivity index (χ3n) is 8.34. The molecule has 38 heavy (non-hydrogen) atoms. The molecular formula is C36H52O2. The number of hydrogen-bond donors (Lipinski definition) is 0. The third-order valence-corrected chi connectivity index (χ3v) is 8.34. The van der Waals surface area contributed by atoms with Gasteiger partial charge in [-0.15, -0.1) is 0 Å². The molecule has 1 aliphatic rings. The summed E-state index contributed by atoms with van der Waals surface area (Å²) in [4.78, 5) is 26.6. The van der Waals surface area contributed by atoms with Crippen molar-refractivity contribution in [2.75, 3.05) is 0 Å². The Morgan fingerprint density at radius 1 is 0.421 bits per heavy atom. The Hall–Kier alpha value is -2.22. The molecule has 0 saturated carbocycles. The Balaban J connectivity index is 1.59. The van der Waals surface area contributed by atoms with Crippen LogP contribution in [0.1, 0.15) is 172 Å². The maximum absolute atomic E-state index is 13.3. The smallest absolute Gasteiger partial charge is 0.194 e. The number of rotatable bonds is 20. The van der Waals surface area contributed by atoms with Gasteiger partial charge in [-0.2, -0.15) is 0 Å². The summed E-state index contributed by atoms with van der Waals surface area (Å²) in [6.07, 6.45) is 25.7. The van der Waals surface area contributed by atoms with Gasteiger partial charge in [0, 0.05) is 22.3 Å². The lowest BCUT2D eigenvalue weighted by Crippen LogP contribution is -2.21. The molecule has 0 aromatic heterocycles. The molecule has 208 valence electrons. The van der Waals surface area contributed by atoms with E-state index in [9.17, 15) is 9.59 Å². The van der Waals surface area contributed by atoms with E-state index in [2.05, 4.69) is 26.0 Å². The second-order valence-corrected chi connectivity index (χ2v) is 11.5. The minimum absolute atomic E-state index is 0.0122. The zero-order valence-corrected chi connectivity index (χ0v) is 24.4. The van der Waals surface area contributed by atoms with Gasteiger partial charge in [0.25, 0.3) is 0 Å². The molecule has 2 heteroatoms. The highest BCUT2D eigenvalue weighted by Gasteiger charge is 2.30. The number of carbonyl (C=O) groups is 2. The van der Waals surface area contributed by atoms with Gasteiger partial charge in [0.15, 0.2) is 11.6 Å². The summed E-state index contributed by atoms with van der Waals surface area (Å²) < 4.78 is 0. The predicted octanol–water partition coefficient (Wildman–Crippen LogP) is 10.6. The molecule has 2 aromatic carbocycles. The summed E-state index contributed by atoms with van der Waals surface area (Å²) in [5.41, 5.74) is 4.96. The van der Waals surface area contributed by atoms with E-state index < -0.39 is 0 Å². The van der Waals surface area contributed by atoms with Crippen molar-refractivity contribution in [2.24, 2.45) is 0 Å². The van der Waals surface area contributed by atoms with Crippen molar-refractivity contribution in [3.63, 3.8) is 0 Å². The second-order valence-electron chi connectivity index (χ2n) is 11.5. The van der Waals surface area contributed by atoms with Crippen molar-refractivity contribution in [3.8, 4) is 0 Å². The molecule has 0 spiro atoms. The van der Waals surface area contributed by atoms with Crippen LogP contribution in [-0.2, 0) is 12.8 Å². The molecule has 0 heterocycles. The van der Waals surface area contributed by atoms with E-state index in [1.807, 2.05) is 12.1 Å². The molecule has 0 unspecified atom stereocenters. The zero-order valence-electron chi connectivity index (χ0n) is 24.4. The van der Waals surface area contributed by atoms with E-state index in [1.54, 1.807) is 12.1 Å². The predicted molar refractivity (Wildman–Crippen MR) is 162 cm³/mol. The Kier molecular flexibility index (Phi) is 13.9. The molecule has 0 amide bonds. The van der Waals surface area contributed by atoms with Gasteiger partial charge < -0.3 is 0 Å². The Morgan fingerprint density at radius 3 is 1.08 bits per heavy atom. The molecule has 0 fully saturated rings. The first-order valence-corrected chi connectivity index (χ1v) is 16.0. The van der Waals surface area contributed by atoms with Gasteiger partial charge in [0.1, 0.15) is 0 Å². The molecule has 1 aliphatic carbocycles. The lowest BCUT2D eigenvalue weighted by Gasteiger charge is -2.21. The number of benzene rings is 2. The molecule has 2 nitrogen and oxygen atoms in total. The molecule has 3 rings (SSSR count). The van der Waals surface area contributed by atoms with Crippen LogP contribution >= 0.6 is 0 Å². The second kappa shape index (κ2) is 17.4. The van der Waals surface area contributed by atoms with Crippen LogP contribution in [0.4, 0.5) is 0 Å². The van der Waals surface area contributed by atoms with Crippen LogP contribution in [0.25, 0.3) is 0 Å². The van der Waals surface area contributed by atoms with Crippen molar-refractivity contribution in [1.82, 2.24) is 0 Å². The van der Waals surface area contributed by atoms with Crippen LogP contribution < -0.4 is 0 Å². The van der Waals surface area contributed by atoms with Crippen molar-refractivity contribution in [3.05, 3.63) is 69.8 Å². The van der Waals surface area contributed by atoms with Crippen LogP contribution in [0, 0.1) is 0 Å². The van der Waals surface area contributed by atoms with E-state index in [1.165, 1.54) is 114 Å². The molecule has 0 radical (unpaired) electrons. The Labute approximate surface area is 233 Å². The van der Waals surface area contributed by atoms with Crippen LogP contribution in [0.2, 0.25) is 0 Å². The standard InChI is InChI=1S/C36H52O2/c1-3-5-7-9-11-13-15-17-19-23-29-27-33-34(36(38)32-26-22-21-25-31(32)35(33)37)28-30(29)24-20-18-16-14-12-10-8-6-4-2/h21-22,25-28H,3-20,23-24H2,1-2H3. The highest BCUT2D eigenvalue weighted by atomic mass is 16.1. The maximum atomic E-state index is 13.3. The van der Waals surface area contributed by atoms with Crippen LogP contribution in [0.5, 0.6) is 0 Å². The van der Waals surface area contributed by atoms with Crippen LogP contribution in [-0.4, -0.2) is 11.6 Å². The number of aryl methyl sites for hydroxylation is 2. The number of carbonyl (C=O) groups excluding carboxylic acids is 2. The van der Waals surface area contributed by atoms with Crippen LogP contribution in [0.3, 0.4) is 0 Å². The Bertz CT molecular complexity index is 922. The summed E-state index contributed by atoms with van der Waals surface area (Å²) in [7, 11) is 0. The van der Waals surface area contributed by atoms with Crippen LogP contribution in [0.15, 0.2) is 36.4 Å². The topological polar surface area (TPSA) is 34.1 Å². The number of fused-ring (bicyclic) bond motifs is 2. The minimum Gasteiger partial charge on any atom is -0.289 e. The summed E-state index contributed by atoms with van der Waals surface area (Å²) in [5, 5.41) is 0. The summed E-state index contributed by atoms with van der Waals surface area (Å²) in [6, 6.07) is 11.5. The fourth-order valence-electron chi connectivity index (χ4n) is 5.95. The quantitative estimate of drug-likeness (QED) is 0.140. The Morgan fingerprint density at radius 2 is 0.737 bits per heavy atom. The molecule has 0 saturated heterocycles. The lowest BCUT2D eigenvalue weighted by atomic mass is 9.81. The third kappa shape index (κ3) is 9.21. The zero-order chi connectivity index (χ0) is 27.0. The average molecular weight is 517 g/mol. The van der Waals surface area contributed by atoms with Gasteiger partial charge in [0.05, 0.1) is 0 Å². The van der Waals surface area contributed by atoms with E-state index in [0.717, 1.165) is 25.7 Å². The van der Waals surface area contributed by atoms with Gasteiger partial charge in [-0.25, -0.2) is 0 Å². The van der Waals surface area contributed by atoms with E-state index >= 15 is 0 Å². The number of unbranched alkanes of at least 4 members (excludes halogenated alkanes) is 16. The molecule has 2 aromatic rings. The molecule has 0 bridgehead atoms. The van der Waals surface area contributed by atoms with E-state index in [-0.39, 0.29) is 11.6 Å². The summed E-state index contributed by atoms with van der Waals surface area (Å²) in [6.45, 7) is 4.54. The maximum Gasteiger partial charge on any atom is 0.194 e. The first-order valence-electron chi connectivity index (χ1n) is 16.0. The average Bonchev–Trinajstić information content (AvgIpc) is 2.94. The monoisotopic (exact) mass is 516 g/mol. The molecule has 0 N–H and O–H groups in total. The van der Waals surface area contributed by atoms with Gasteiger partial charge in [-0.3, -0.25) is 9.59 Å². The largest absolute Gasteiger partial charge is 0.289 e. The highest BCUT2D eigenvalue weighted by Crippen LogP contribution is 2.31. The summed E-state index contributed by atoms with van der Waals surface area (Å²) in [5.74, 6) is 0.0244. The molecular weight excluding hydrogens is 464 g/mol. The minimum atomic E-state index is 0.0122. The summed E-state index contributed by atoms with van der Waals surface area (Å²) >= 11 is 0. The molecule has 0 aliphatic heterocycles. The number of hydrogen-bond acceptors (Lipinski definition) is 2. The van der Waals surface area contributed by atoms with Crippen molar-refractivity contribution in [1.29, 1.82) is 0 Å². The lowest BCUT2D eigenvalue weighted by molar-refractivity contribution is 0.0979. The first kappa shape index (κ1) is 30.3. The fourth-order valence-corrected chi connectivity index (χ4v) is 5.95. The van der Waals surface area contributed by atoms with E-state index in [4.69, 9.17) is 0 Å². The van der Waals surface area contributed by atoms with Gasteiger partial charge in [0.2, 0.25) is 0 Å². The SMILES string of the molecule is CCCCCCCCCCCc1cc2c(cc1CCCCCCCCCCC)C(=O)c1ccccc1C2=O. The van der Waals surface area contributed by atoms with Crippen molar-refractivity contribution >= 4 is 11.6 Å².